The van der Waals surface area contributed by atoms with E-state index in [0.717, 1.165) is 18.4 Å². The Labute approximate surface area is 189 Å². The van der Waals surface area contributed by atoms with Crippen LogP contribution in [0.2, 0.25) is 0 Å². The molecule has 3 aliphatic rings. The summed E-state index contributed by atoms with van der Waals surface area (Å²) < 4.78 is 58.0. The van der Waals surface area contributed by atoms with Gasteiger partial charge in [0.25, 0.3) is 10.1 Å². The Hall–Kier alpha value is -2.30. The average Bonchev–Trinajstić information content (AvgIpc) is 3.22. The molecule has 0 aromatic heterocycles. The van der Waals surface area contributed by atoms with E-state index in [9.17, 15) is 16.8 Å². The third-order valence-corrected chi connectivity index (χ3v) is 9.24. The molecule has 10 heteroatoms. The predicted octanol–water partition coefficient (Wildman–Crippen LogP) is 2.78. The minimum Gasteiger partial charge on any atom is -0.356 e. The van der Waals surface area contributed by atoms with Gasteiger partial charge in [-0.25, -0.2) is 13.4 Å². The lowest BCUT2D eigenvalue weighted by Crippen LogP contribution is -2.40. The summed E-state index contributed by atoms with van der Waals surface area (Å²) in [5.41, 5.74) is 2.16. The highest BCUT2D eigenvalue weighted by molar-refractivity contribution is 7.93. The number of hydrogen-bond acceptors (Lipinski definition) is 7. The van der Waals surface area contributed by atoms with Gasteiger partial charge in [0.1, 0.15) is 11.1 Å². The van der Waals surface area contributed by atoms with Crippen LogP contribution in [0.3, 0.4) is 0 Å². The normalized spacial score (nSPS) is 25.6. The SMILES string of the molecule is Cc1ccc(S(=O)(=O)C2C=NC(N(C)C3CCC(CS(=O)(=O)O)CC3)=C3C=CN=C32)cc1. The van der Waals surface area contributed by atoms with E-state index < -0.39 is 25.2 Å². The molecule has 172 valence electrons. The lowest BCUT2D eigenvalue weighted by Gasteiger charge is -2.37. The summed E-state index contributed by atoms with van der Waals surface area (Å²) >= 11 is 0. The van der Waals surface area contributed by atoms with Gasteiger partial charge in [0.05, 0.1) is 16.4 Å². The topological polar surface area (TPSA) is 116 Å². The number of aryl methyl sites for hydroxylation is 1. The molecule has 0 amide bonds. The Morgan fingerprint density at radius 3 is 2.34 bits per heavy atom. The van der Waals surface area contributed by atoms with Crippen LogP contribution in [0, 0.1) is 12.8 Å². The molecule has 32 heavy (non-hydrogen) atoms. The van der Waals surface area contributed by atoms with Gasteiger partial charge < -0.3 is 4.90 Å². The first-order valence-electron chi connectivity index (χ1n) is 10.6. The van der Waals surface area contributed by atoms with Crippen LogP contribution in [-0.2, 0) is 20.0 Å². The molecule has 0 spiro atoms. The summed E-state index contributed by atoms with van der Waals surface area (Å²) in [5.74, 6) is 0.425. The van der Waals surface area contributed by atoms with Crippen molar-refractivity contribution < 1.29 is 21.4 Å². The third-order valence-electron chi connectivity index (χ3n) is 6.40. The molecule has 1 aliphatic carbocycles. The molecular weight excluding hydrogens is 450 g/mol. The highest BCUT2D eigenvalue weighted by atomic mass is 32.2. The van der Waals surface area contributed by atoms with Crippen molar-refractivity contribution in [3.05, 3.63) is 53.5 Å². The Balaban J connectivity index is 1.53. The van der Waals surface area contributed by atoms with Crippen LogP contribution in [0.4, 0.5) is 0 Å². The molecule has 1 N–H and O–H groups in total. The van der Waals surface area contributed by atoms with Crippen LogP contribution in [0.5, 0.6) is 0 Å². The molecule has 1 aromatic rings. The molecule has 4 rings (SSSR count). The van der Waals surface area contributed by atoms with E-state index in [1.54, 1.807) is 36.5 Å². The molecule has 0 saturated heterocycles. The first-order valence-corrected chi connectivity index (χ1v) is 13.7. The smallest absolute Gasteiger partial charge is 0.265 e. The zero-order chi connectivity index (χ0) is 23.1. The van der Waals surface area contributed by atoms with Gasteiger partial charge in [0.2, 0.25) is 0 Å². The number of rotatable bonds is 6. The van der Waals surface area contributed by atoms with E-state index in [4.69, 9.17) is 4.55 Å². The van der Waals surface area contributed by atoms with Crippen molar-refractivity contribution in [2.24, 2.45) is 15.9 Å². The number of benzene rings is 1. The van der Waals surface area contributed by atoms with E-state index in [0.29, 0.717) is 29.9 Å². The van der Waals surface area contributed by atoms with E-state index in [1.807, 2.05) is 18.9 Å². The zero-order valence-electron chi connectivity index (χ0n) is 18.0. The Morgan fingerprint density at radius 1 is 1.06 bits per heavy atom. The lowest BCUT2D eigenvalue weighted by molar-refractivity contribution is 0.204. The van der Waals surface area contributed by atoms with E-state index in [2.05, 4.69) is 9.98 Å². The van der Waals surface area contributed by atoms with Crippen LogP contribution in [0.1, 0.15) is 31.2 Å². The maximum atomic E-state index is 13.3. The molecular formula is C22H27N3O5S2. The monoisotopic (exact) mass is 477 g/mol. The molecule has 1 fully saturated rings. The van der Waals surface area contributed by atoms with Gasteiger partial charge >= 0.3 is 0 Å². The highest BCUT2D eigenvalue weighted by Gasteiger charge is 2.38. The van der Waals surface area contributed by atoms with Gasteiger partial charge in [0.15, 0.2) is 9.84 Å². The Bertz CT molecular complexity index is 1220. The van der Waals surface area contributed by atoms with Crippen molar-refractivity contribution in [3.63, 3.8) is 0 Å². The van der Waals surface area contributed by atoms with Gasteiger partial charge in [-0.05, 0) is 56.7 Å². The molecule has 0 radical (unpaired) electrons. The molecule has 1 saturated carbocycles. The number of allylic oxidation sites excluding steroid dienone is 2. The number of fused-ring (bicyclic) bond motifs is 1. The largest absolute Gasteiger partial charge is 0.356 e. The van der Waals surface area contributed by atoms with Gasteiger partial charge in [-0.15, -0.1) is 0 Å². The third kappa shape index (κ3) is 4.57. The number of nitrogens with zero attached hydrogens (tertiary/aromatic N) is 3. The molecule has 1 atom stereocenters. The summed E-state index contributed by atoms with van der Waals surface area (Å²) in [4.78, 5) is 11.2. The number of sulfone groups is 1. The van der Waals surface area contributed by atoms with Crippen LogP contribution in [-0.4, -0.2) is 62.3 Å². The second-order valence-corrected chi connectivity index (χ2v) is 12.2. The quantitative estimate of drug-likeness (QED) is 0.630. The van der Waals surface area contributed by atoms with Crippen LogP contribution in [0.25, 0.3) is 0 Å². The summed E-state index contributed by atoms with van der Waals surface area (Å²) in [6.07, 6.45) is 7.78. The Kier molecular flexibility index (Phi) is 6.12. The van der Waals surface area contributed by atoms with Crippen molar-refractivity contribution >= 4 is 31.9 Å². The number of hydrogen-bond donors (Lipinski definition) is 1. The summed E-state index contributed by atoms with van der Waals surface area (Å²) in [6.45, 7) is 1.91. The fourth-order valence-corrected chi connectivity index (χ4v) is 7.03. The summed E-state index contributed by atoms with van der Waals surface area (Å²) in [6, 6.07) is 6.91. The van der Waals surface area contributed by atoms with Crippen molar-refractivity contribution in [1.82, 2.24) is 4.90 Å². The standard InChI is InChI=1S/C22H27N3O5S2/c1-15-3-9-18(10-4-15)32(29,30)20-13-24-22(19-11-12-23-21(19)20)25(2)17-7-5-16(6-8-17)14-31(26,27)28/h3-4,9-13,16-17,20H,5-8,14H2,1-2H3,(H,26,27,28). The van der Waals surface area contributed by atoms with E-state index >= 15 is 0 Å². The van der Waals surface area contributed by atoms with Crippen molar-refractivity contribution in [1.29, 1.82) is 0 Å². The second kappa shape index (κ2) is 8.57. The molecule has 2 heterocycles. The Morgan fingerprint density at radius 2 is 1.72 bits per heavy atom. The maximum absolute atomic E-state index is 13.3. The van der Waals surface area contributed by atoms with Crippen molar-refractivity contribution in [2.75, 3.05) is 12.8 Å². The molecule has 1 unspecified atom stereocenters. The average molecular weight is 478 g/mol. The molecule has 2 aliphatic heterocycles. The first-order chi connectivity index (χ1) is 15.1. The van der Waals surface area contributed by atoms with E-state index in [1.165, 1.54) is 6.21 Å². The van der Waals surface area contributed by atoms with Gasteiger partial charge in [0, 0.05) is 31.1 Å². The predicted molar refractivity (Wildman–Crippen MR) is 124 cm³/mol. The minimum atomic E-state index is -3.97. The molecule has 8 nitrogen and oxygen atoms in total. The fraction of sp³-hybridized carbons (Fsp3) is 0.455. The number of aliphatic imine (C=N–C) groups is 2. The van der Waals surface area contributed by atoms with Crippen molar-refractivity contribution in [3.8, 4) is 0 Å². The van der Waals surface area contributed by atoms with E-state index in [-0.39, 0.29) is 22.6 Å². The van der Waals surface area contributed by atoms with Gasteiger partial charge in [-0.1, -0.05) is 17.7 Å². The minimum absolute atomic E-state index is 0.0466. The van der Waals surface area contributed by atoms with Crippen molar-refractivity contribution in [2.45, 2.75) is 48.8 Å². The summed E-state index contributed by atoms with van der Waals surface area (Å²) in [5, 5.41) is -0.946. The van der Waals surface area contributed by atoms with Crippen LogP contribution < -0.4 is 0 Å². The zero-order valence-corrected chi connectivity index (χ0v) is 19.7. The molecule has 0 bridgehead atoms. The van der Waals surface area contributed by atoms with Gasteiger partial charge in [-0.2, -0.15) is 8.42 Å². The van der Waals surface area contributed by atoms with Crippen LogP contribution >= 0.6 is 0 Å². The van der Waals surface area contributed by atoms with Gasteiger partial charge in [-0.3, -0.25) is 9.55 Å². The lowest BCUT2D eigenvalue weighted by atomic mass is 9.86. The highest BCUT2D eigenvalue weighted by Crippen LogP contribution is 2.34. The summed E-state index contributed by atoms with van der Waals surface area (Å²) in [7, 11) is -5.73. The fourth-order valence-electron chi connectivity index (χ4n) is 4.59. The molecule has 1 aromatic carbocycles. The second-order valence-electron chi connectivity index (χ2n) is 8.66. The maximum Gasteiger partial charge on any atom is 0.265 e. The first kappa shape index (κ1) is 22.9. The van der Waals surface area contributed by atoms with Crippen LogP contribution in [0.15, 0.2) is 62.8 Å².